The summed E-state index contributed by atoms with van der Waals surface area (Å²) in [7, 11) is 0. The van der Waals surface area contributed by atoms with Crippen molar-refractivity contribution in [3.05, 3.63) is 39.4 Å². The van der Waals surface area contributed by atoms with E-state index in [4.69, 9.17) is 4.74 Å². The van der Waals surface area contributed by atoms with Gasteiger partial charge in [0.2, 0.25) is 5.43 Å². The van der Waals surface area contributed by atoms with Gasteiger partial charge >= 0.3 is 5.97 Å². The fourth-order valence-electron chi connectivity index (χ4n) is 4.48. The zero-order valence-electron chi connectivity index (χ0n) is 16.9. The highest BCUT2D eigenvalue weighted by molar-refractivity contribution is 5.96. The van der Waals surface area contributed by atoms with Crippen molar-refractivity contribution in [1.29, 1.82) is 0 Å². The number of carbonyl (C=O) groups is 1. The highest BCUT2D eigenvalue weighted by Crippen LogP contribution is 2.38. The molecule has 2 aromatic rings. The summed E-state index contributed by atoms with van der Waals surface area (Å²) in [6.45, 7) is 5.32. The maximum atomic E-state index is 15.2. The van der Waals surface area contributed by atoms with Gasteiger partial charge in [0.25, 0.3) is 0 Å². The van der Waals surface area contributed by atoms with E-state index in [-0.39, 0.29) is 29.7 Å². The molecule has 0 bridgehead atoms. The van der Waals surface area contributed by atoms with E-state index in [1.54, 1.807) is 6.20 Å². The monoisotopic (exact) mass is 402 g/mol. The SMILES string of the molecule is CCCOC(=O)c1cn2c3c(c(N4CCC(O)CC4)c(F)cc3c1=O)CC[C@@H]2C. The van der Waals surface area contributed by atoms with Crippen LogP contribution in [-0.4, -0.2) is 41.4 Å². The average molecular weight is 402 g/mol. The van der Waals surface area contributed by atoms with Gasteiger partial charge in [-0.15, -0.1) is 0 Å². The first-order chi connectivity index (χ1) is 13.9. The van der Waals surface area contributed by atoms with Gasteiger partial charge in [-0.1, -0.05) is 6.92 Å². The number of benzene rings is 1. The molecule has 29 heavy (non-hydrogen) atoms. The number of anilines is 1. The average Bonchev–Trinajstić information content (AvgIpc) is 2.71. The molecule has 4 rings (SSSR count). The Morgan fingerprint density at radius 1 is 1.31 bits per heavy atom. The third-order valence-corrected chi connectivity index (χ3v) is 6.06. The number of ether oxygens (including phenoxy) is 1. The summed E-state index contributed by atoms with van der Waals surface area (Å²) in [5.41, 5.74) is 1.54. The van der Waals surface area contributed by atoms with Crippen LogP contribution in [-0.2, 0) is 11.2 Å². The van der Waals surface area contributed by atoms with E-state index in [2.05, 4.69) is 0 Å². The van der Waals surface area contributed by atoms with Crippen LogP contribution in [0.5, 0.6) is 0 Å². The number of carbonyl (C=O) groups excluding carboxylic acids is 1. The van der Waals surface area contributed by atoms with E-state index in [0.29, 0.717) is 50.0 Å². The lowest BCUT2D eigenvalue weighted by molar-refractivity contribution is 0.0502. The van der Waals surface area contributed by atoms with Crippen molar-refractivity contribution in [2.45, 2.75) is 58.1 Å². The normalized spacial score (nSPS) is 19.6. The molecule has 7 heteroatoms. The van der Waals surface area contributed by atoms with Crippen molar-refractivity contribution in [1.82, 2.24) is 4.57 Å². The van der Waals surface area contributed by atoms with Crippen molar-refractivity contribution in [2.75, 3.05) is 24.6 Å². The van der Waals surface area contributed by atoms with Crippen LogP contribution in [0.1, 0.15) is 61.5 Å². The molecule has 0 radical (unpaired) electrons. The Labute approximate surface area is 168 Å². The second-order valence-corrected chi connectivity index (χ2v) is 8.10. The topological polar surface area (TPSA) is 71.8 Å². The maximum absolute atomic E-state index is 15.2. The molecule has 0 unspecified atom stereocenters. The number of hydrogen-bond donors (Lipinski definition) is 1. The Hall–Kier alpha value is -2.41. The minimum Gasteiger partial charge on any atom is -0.462 e. The van der Waals surface area contributed by atoms with Crippen LogP contribution in [0.3, 0.4) is 0 Å². The van der Waals surface area contributed by atoms with Gasteiger partial charge < -0.3 is 19.3 Å². The number of piperidine rings is 1. The lowest BCUT2D eigenvalue weighted by atomic mass is 9.93. The number of aliphatic hydroxyl groups excluding tert-OH is 1. The number of nitrogens with zero attached hydrogens (tertiary/aromatic N) is 2. The highest BCUT2D eigenvalue weighted by Gasteiger charge is 2.30. The molecule has 156 valence electrons. The Morgan fingerprint density at radius 2 is 2.03 bits per heavy atom. The lowest BCUT2D eigenvalue weighted by Gasteiger charge is -2.36. The standard InChI is InChI=1S/C22H27FN2O4/c1-3-10-29-22(28)17-12-25-13(2)4-5-15-19(25)16(21(17)27)11-18(23)20(15)24-8-6-14(26)7-9-24/h11-14,26H,3-10H2,1-2H3/t13-/m0/s1. The third-order valence-electron chi connectivity index (χ3n) is 6.06. The zero-order chi connectivity index (χ0) is 20.7. The van der Waals surface area contributed by atoms with E-state index in [9.17, 15) is 14.7 Å². The minimum absolute atomic E-state index is 0.0427. The second kappa shape index (κ2) is 7.78. The van der Waals surface area contributed by atoms with Gasteiger partial charge in [0.15, 0.2) is 0 Å². The Balaban J connectivity index is 1.91. The van der Waals surface area contributed by atoms with Crippen molar-refractivity contribution < 1.29 is 19.0 Å². The molecule has 2 aliphatic rings. The maximum Gasteiger partial charge on any atom is 0.343 e. The molecule has 1 aromatic heterocycles. The van der Waals surface area contributed by atoms with E-state index in [0.717, 1.165) is 12.0 Å². The van der Waals surface area contributed by atoms with Crippen LogP contribution in [0.2, 0.25) is 0 Å². The summed E-state index contributed by atoms with van der Waals surface area (Å²) in [6.07, 6.45) is 4.56. The molecule has 0 aliphatic carbocycles. The van der Waals surface area contributed by atoms with Crippen molar-refractivity contribution >= 4 is 22.6 Å². The third kappa shape index (κ3) is 3.41. The fourth-order valence-corrected chi connectivity index (χ4v) is 4.48. The number of aryl methyl sites for hydroxylation is 1. The first kappa shape index (κ1) is 19.9. The smallest absolute Gasteiger partial charge is 0.343 e. The van der Waals surface area contributed by atoms with Crippen LogP contribution >= 0.6 is 0 Å². The summed E-state index contributed by atoms with van der Waals surface area (Å²) in [5, 5.41) is 10.0. The molecular weight excluding hydrogens is 375 g/mol. The number of halogens is 1. The lowest BCUT2D eigenvalue weighted by Crippen LogP contribution is -2.37. The highest BCUT2D eigenvalue weighted by atomic mass is 19.1. The zero-order valence-corrected chi connectivity index (χ0v) is 16.9. The molecular formula is C22H27FN2O4. The molecule has 1 saturated heterocycles. The van der Waals surface area contributed by atoms with E-state index in [1.807, 2.05) is 23.3 Å². The van der Waals surface area contributed by atoms with Gasteiger partial charge in [-0.05, 0) is 45.1 Å². The van der Waals surface area contributed by atoms with Crippen molar-refractivity contribution in [3.63, 3.8) is 0 Å². The molecule has 0 saturated carbocycles. The Kier molecular flexibility index (Phi) is 5.34. The molecule has 1 aromatic carbocycles. The van der Waals surface area contributed by atoms with Gasteiger partial charge in [0.05, 0.1) is 23.9 Å². The fraction of sp³-hybridized carbons (Fsp3) is 0.545. The molecule has 0 amide bonds. The largest absolute Gasteiger partial charge is 0.462 e. The number of pyridine rings is 1. The first-order valence-electron chi connectivity index (χ1n) is 10.4. The van der Waals surface area contributed by atoms with Crippen LogP contribution in [0.4, 0.5) is 10.1 Å². The summed E-state index contributed by atoms with van der Waals surface area (Å²) in [5.74, 6) is -1.10. The van der Waals surface area contributed by atoms with Gasteiger partial charge in [-0.2, -0.15) is 0 Å². The van der Waals surface area contributed by atoms with E-state index < -0.39 is 17.2 Å². The Morgan fingerprint density at radius 3 is 2.72 bits per heavy atom. The second-order valence-electron chi connectivity index (χ2n) is 8.10. The number of esters is 1. The summed E-state index contributed by atoms with van der Waals surface area (Å²) in [6, 6.07) is 1.36. The molecule has 6 nitrogen and oxygen atoms in total. The van der Waals surface area contributed by atoms with Gasteiger partial charge in [0, 0.05) is 36.3 Å². The molecule has 1 atom stereocenters. The van der Waals surface area contributed by atoms with Crippen LogP contribution < -0.4 is 10.3 Å². The molecule has 3 heterocycles. The molecule has 1 fully saturated rings. The van der Waals surface area contributed by atoms with Crippen LogP contribution in [0, 0.1) is 5.82 Å². The number of hydrogen-bond acceptors (Lipinski definition) is 5. The predicted octanol–water partition coefficient (Wildman–Crippen LogP) is 3.18. The number of aromatic nitrogens is 1. The van der Waals surface area contributed by atoms with Gasteiger partial charge in [-0.3, -0.25) is 4.79 Å². The van der Waals surface area contributed by atoms with Crippen molar-refractivity contribution in [3.8, 4) is 0 Å². The minimum atomic E-state index is -0.656. The Bertz CT molecular complexity index is 1010. The van der Waals surface area contributed by atoms with Gasteiger partial charge in [-0.25, -0.2) is 9.18 Å². The van der Waals surface area contributed by atoms with Crippen LogP contribution in [0.15, 0.2) is 17.1 Å². The quantitative estimate of drug-likeness (QED) is 0.796. The van der Waals surface area contributed by atoms with Crippen molar-refractivity contribution in [2.24, 2.45) is 0 Å². The van der Waals surface area contributed by atoms with E-state index >= 15 is 4.39 Å². The predicted molar refractivity (Wildman–Crippen MR) is 109 cm³/mol. The number of rotatable bonds is 4. The number of aliphatic hydroxyl groups is 1. The van der Waals surface area contributed by atoms with Gasteiger partial charge in [0.1, 0.15) is 11.4 Å². The first-order valence-corrected chi connectivity index (χ1v) is 10.4. The van der Waals surface area contributed by atoms with E-state index in [1.165, 1.54) is 6.07 Å². The van der Waals surface area contributed by atoms with Crippen LogP contribution in [0.25, 0.3) is 10.9 Å². The summed E-state index contributed by atoms with van der Waals surface area (Å²) < 4.78 is 22.4. The summed E-state index contributed by atoms with van der Waals surface area (Å²) >= 11 is 0. The molecule has 0 spiro atoms. The molecule has 1 N–H and O–H groups in total. The summed E-state index contributed by atoms with van der Waals surface area (Å²) in [4.78, 5) is 27.4. The molecule has 2 aliphatic heterocycles.